The molecule has 1 N–H and O–H groups in total. The summed E-state index contributed by atoms with van der Waals surface area (Å²) in [7, 11) is 0. The Morgan fingerprint density at radius 3 is 2.91 bits per heavy atom. The zero-order chi connectivity index (χ0) is 16.4. The van der Waals surface area contributed by atoms with Gasteiger partial charge in [0.25, 0.3) is 5.91 Å². The Labute approximate surface area is 140 Å². The van der Waals surface area contributed by atoms with Gasteiger partial charge in [-0.05, 0) is 31.1 Å². The first-order valence-electron chi connectivity index (χ1n) is 7.76. The smallest absolute Gasteiger partial charge is 0.279 e. The van der Waals surface area contributed by atoms with Gasteiger partial charge >= 0.3 is 0 Å². The second kappa shape index (κ2) is 6.72. The summed E-state index contributed by atoms with van der Waals surface area (Å²) >= 11 is 1.44. The molecule has 5 heteroatoms. The summed E-state index contributed by atoms with van der Waals surface area (Å²) in [6.45, 7) is 4.18. The first-order chi connectivity index (χ1) is 11.1. The average molecular weight is 328 g/mol. The van der Waals surface area contributed by atoms with E-state index >= 15 is 0 Å². The number of hydrogen-bond donors (Lipinski definition) is 1. The van der Waals surface area contributed by atoms with Crippen LogP contribution in [0, 0.1) is 0 Å². The quantitative estimate of drug-likeness (QED) is 0.924. The first-order valence-corrected chi connectivity index (χ1v) is 8.58. The van der Waals surface area contributed by atoms with Gasteiger partial charge < -0.3 is 10.0 Å². The standard InChI is InChI=1S/C18H20N2O2S/c1-12(2)20(10-11-21)18(22)17-19-16-14-8-4-3-6-13(14)7-5-9-15(16)23-17/h3-9,12,16,21H,10-11H2,1-2H3. The monoisotopic (exact) mass is 328 g/mol. The lowest BCUT2D eigenvalue weighted by molar-refractivity contribution is -0.125. The summed E-state index contributed by atoms with van der Waals surface area (Å²) in [4.78, 5) is 20.2. The number of nitrogens with zero attached hydrogens (tertiary/aromatic N) is 2. The number of amides is 1. The molecule has 2 aliphatic rings. The summed E-state index contributed by atoms with van der Waals surface area (Å²) < 4.78 is 0. The second-order valence-electron chi connectivity index (χ2n) is 5.81. The highest BCUT2D eigenvalue weighted by atomic mass is 32.2. The van der Waals surface area contributed by atoms with Gasteiger partial charge in [0.1, 0.15) is 6.04 Å². The SMILES string of the molecule is CC(C)N(CCO)C(=O)C1=NC2C(=CC=Cc3ccccc32)S1. The highest BCUT2D eigenvalue weighted by Gasteiger charge is 2.33. The van der Waals surface area contributed by atoms with E-state index in [2.05, 4.69) is 18.2 Å². The van der Waals surface area contributed by atoms with E-state index in [1.807, 2.05) is 38.1 Å². The largest absolute Gasteiger partial charge is 0.395 e. The van der Waals surface area contributed by atoms with Crippen molar-refractivity contribution in [3.8, 4) is 0 Å². The van der Waals surface area contributed by atoms with Gasteiger partial charge in [-0.1, -0.05) is 48.2 Å². The van der Waals surface area contributed by atoms with Crippen molar-refractivity contribution < 1.29 is 9.90 Å². The molecule has 1 heterocycles. The predicted octanol–water partition coefficient (Wildman–Crippen LogP) is 3.01. The molecule has 0 fully saturated rings. The molecule has 1 unspecified atom stereocenters. The summed E-state index contributed by atoms with van der Waals surface area (Å²) in [5.41, 5.74) is 2.26. The van der Waals surface area contributed by atoms with Crippen LogP contribution < -0.4 is 0 Å². The van der Waals surface area contributed by atoms with Gasteiger partial charge in [-0.25, -0.2) is 0 Å². The zero-order valence-electron chi connectivity index (χ0n) is 13.3. The van der Waals surface area contributed by atoms with Crippen molar-refractivity contribution in [2.45, 2.75) is 25.9 Å². The van der Waals surface area contributed by atoms with Crippen molar-refractivity contribution in [3.63, 3.8) is 0 Å². The summed E-state index contributed by atoms with van der Waals surface area (Å²) in [6.07, 6.45) is 6.12. The van der Waals surface area contributed by atoms with E-state index in [1.165, 1.54) is 11.8 Å². The van der Waals surface area contributed by atoms with Crippen LogP contribution in [-0.2, 0) is 4.79 Å². The molecular formula is C18H20N2O2S. The van der Waals surface area contributed by atoms with Crippen LogP contribution in [0.15, 0.2) is 46.3 Å². The van der Waals surface area contributed by atoms with Crippen LogP contribution in [-0.4, -0.2) is 40.2 Å². The normalized spacial score (nSPS) is 18.9. The van der Waals surface area contributed by atoms with Crippen LogP contribution in [0.1, 0.15) is 31.0 Å². The molecule has 1 amide bonds. The maximum atomic E-state index is 12.7. The van der Waals surface area contributed by atoms with Gasteiger partial charge in [-0.3, -0.25) is 9.79 Å². The maximum absolute atomic E-state index is 12.7. The Bertz CT molecular complexity index is 707. The molecule has 23 heavy (non-hydrogen) atoms. The number of carbonyl (C=O) groups is 1. The maximum Gasteiger partial charge on any atom is 0.279 e. The van der Waals surface area contributed by atoms with Crippen LogP contribution in [0.2, 0.25) is 0 Å². The number of allylic oxidation sites excluding steroid dienone is 2. The minimum Gasteiger partial charge on any atom is -0.395 e. The molecule has 0 bridgehead atoms. The fourth-order valence-corrected chi connectivity index (χ4v) is 3.83. The molecule has 0 spiro atoms. The van der Waals surface area contributed by atoms with Crippen LogP contribution >= 0.6 is 11.8 Å². The molecule has 120 valence electrons. The Kier molecular flexibility index (Phi) is 4.68. The molecule has 1 aliphatic carbocycles. The van der Waals surface area contributed by atoms with Crippen molar-refractivity contribution in [3.05, 3.63) is 52.4 Å². The van der Waals surface area contributed by atoms with Crippen molar-refractivity contribution in [2.75, 3.05) is 13.2 Å². The third kappa shape index (κ3) is 3.12. The average Bonchev–Trinajstić information content (AvgIpc) is 2.89. The van der Waals surface area contributed by atoms with E-state index in [-0.39, 0.29) is 24.6 Å². The van der Waals surface area contributed by atoms with Crippen molar-refractivity contribution in [2.24, 2.45) is 4.99 Å². The van der Waals surface area contributed by atoms with E-state index < -0.39 is 0 Å². The third-order valence-corrected chi connectivity index (χ3v) is 5.03. The number of carbonyl (C=O) groups excluding carboxylic acids is 1. The minimum atomic E-state index is -0.103. The Balaban J connectivity index is 1.92. The van der Waals surface area contributed by atoms with E-state index in [4.69, 9.17) is 4.99 Å². The zero-order valence-corrected chi connectivity index (χ0v) is 14.1. The topological polar surface area (TPSA) is 52.9 Å². The number of hydrogen-bond acceptors (Lipinski definition) is 4. The van der Waals surface area contributed by atoms with Gasteiger partial charge in [0, 0.05) is 17.5 Å². The number of aliphatic hydroxyl groups is 1. The molecular weight excluding hydrogens is 308 g/mol. The Morgan fingerprint density at radius 1 is 1.39 bits per heavy atom. The number of fused-ring (bicyclic) bond motifs is 3. The lowest BCUT2D eigenvalue weighted by Gasteiger charge is -2.25. The van der Waals surface area contributed by atoms with Crippen molar-refractivity contribution in [1.82, 2.24) is 4.90 Å². The van der Waals surface area contributed by atoms with Gasteiger partial charge in [0.05, 0.1) is 6.61 Å². The van der Waals surface area contributed by atoms with E-state index in [1.54, 1.807) is 4.90 Å². The first kappa shape index (κ1) is 16.0. The molecule has 0 radical (unpaired) electrons. The summed E-state index contributed by atoms with van der Waals surface area (Å²) in [6, 6.07) is 8.07. The predicted molar refractivity (Wildman–Crippen MR) is 95.3 cm³/mol. The molecule has 1 atom stereocenters. The highest BCUT2D eigenvalue weighted by molar-refractivity contribution is 8.19. The summed E-state index contributed by atoms with van der Waals surface area (Å²) in [5, 5.41) is 9.70. The minimum absolute atomic E-state index is 0.0320. The van der Waals surface area contributed by atoms with Gasteiger partial charge in [-0.15, -0.1) is 0 Å². The number of thioether (sulfide) groups is 1. The third-order valence-electron chi connectivity index (χ3n) is 3.97. The van der Waals surface area contributed by atoms with Gasteiger partial charge in [0.2, 0.25) is 0 Å². The molecule has 0 saturated carbocycles. The van der Waals surface area contributed by atoms with Crippen molar-refractivity contribution >= 4 is 28.8 Å². The van der Waals surface area contributed by atoms with Crippen LogP contribution in [0.5, 0.6) is 0 Å². The van der Waals surface area contributed by atoms with Crippen LogP contribution in [0.25, 0.3) is 6.08 Å². The lowest BCUT2D eigenvalue weighted by Crippen LogP contribution is -2.41. The molecule has 1 aliphatic heterocycles. The molecule has 4 nitrogen and oxygen atoms in total. The fourth-order valence-electron chi connectivity index (χ4n) is 2.80. The molecule has 0 saturated heterocycles. The molecule has 3 rings (SSSR count). The number of benzene rings is 1. The molecule has 0 aromatic heterocycles. The Morgan fingerprint density at radius 2 is 2.17 bits per heavy atom. The number of aliphatic imine (C=N–C) groups is 1. The lowest BCUT2D eigenvalue weighted by atomic mass is 10.0. The fraction of sp³-hybridized carbons (Fsp3) is 0.333. The molecule has 1 aromatic carbocycles. The molecule has 1 aromatic rings. The Hall–Kier alpha value is -1.85. The van der Waals surface area contributed by atoms with Gasteiger partial charge in [0.15, 0.2) is 5.04 Å². The van der Waals surface area contributed by atoms with Crippen LogP contribution in [0.4, 0.5) is 0 Å². The van der Waals surface area contributed by atoms with E-state index in [0.29, 0.717) is 11.6 Å². The highest BCUT2D eigenvalue weighted by Crippen LogP contribution is 2.44. The van der Waals surface area contributed by atoms with Crippen molar-refractivity contribution in [1.29, 1.82) is 0 Å². The van der Waals surface area contributed by atoms with E-state index in [0.717, 1.165) is 16.0 Å². The number of aliphatic hydroxyl groups excluding tert-OH is 1. The van der Waals surface area contributed by atoms with E-state index in [9.17, 15) is 9.90 Å². The van der Waals surface area contributed by atoms with Gasteiger partial charge in [-0.2, -0.15) is 0 Å². The summed E-state index contributed by atoms with van der Waals surface area (Å²) in [5.74, 6) is -0.102. The second-order valence-corrected chi connectivity index (χ2v) is 6.87. The number of rotatable bonds is 4. The van der Waals surface area contributed by atoms with Crippen LogP contribution in [0.3, 0.4) is 0 Å².